The first-order valence-corrected chi connectivity index (χ1v) is 13.4. The van der Waals surface area contributed by atoms with Crippen LogP contribution in [0.4, 0.5) is 8.78 Å². The smallest absolute Gasteiger partial charge is 0.127 e. The molecule has 2 saturated carbocycles. The van der Waals surface area contributed by atoms with E-state index in [2.05, 4.69) is 18.4 Å². The van der Waals surface area contributed by atoms with Crippen molar-refractivity contribution >= 4 is 0 Å². The molecule has 2 fully saturated rings. The fourth-order valence-corrected chi connectivity index (χ4v) is 6.20. The maximum Gasteiger partial charge on any atom is 0.127 e. The van der Waals surface area contributed by atoms with Crippen LogP contribution in [0.15, 0.2) is 61.2 Å². The second-order valence-electron chi connectivity index (χ2n) is 10.5. The monoisotopic (exact) mass is 472 g/mol. The molecular weight excluding hydrogens is 434 g/mol. The van der Waals surface area contributed by atoms with Gasteiger partial charge in [0, 0.05) is 11.1 Å². The zero-order valence-electron chi connectivity index (χ0n) is 21.0. The molecule has 4 unspecified atom stereocenters. The van der Waals surface area contributed by atoms with Crippen molar-refractivity contribution in [2.75, 3.05) is 0 Å². The summed E-state index contributed by atoms with van der Waals surface area (Å²) in [6.45, 7) is 5.83. The molecule has 184 valence electrons. The molecular formula is C33H38F2. The van der Waals surface area contributed by atoms with Crippen LogP contribution in [-0.2, 0) is 6.42 Å². The molecule has 2 aliphatic rings. The molecule has 4 rings (SSSR count). The first-order chi connectivity index (χ1) is 17.1. The molecule has 0 nitrogen and oxygen atoms in total. The number of benzene rings is 2. The van der Waals surface area contributed by atoms with E-state index in [-0.39, 0.29) is 11.6 Å². The molecule has 0 spiro atoms. The number of hydrogen-bond donors (Lipinski definition) is 0. The zero-order chi connectivity index (χ0) is 24.6. The van der Waals surface area contributed by atoms with Crippen molar-refractivity contribution in [1.29, 1.82) is 0 Å². The number of rotatable bonds is 7. The summed E-state index contributed by atoms with van der Waals surface area (Å²) < 4.78 is 29.5. The van der Waals surface area contributed by atoms with Gasteiger partial charge in [0.1, 0.15) is 11.6 Å². The molecule has 0 heterocycles. The minimum Gasteiger partial charge on any atom is -0.207 e. The van der Waals surface area contributed by atoms with E-state index in [0.29, 0.717) is 29.0 Å². The Bertz CT molecular complexity index is 1100. The summed E-state index contributed by atoms with van der Waals surface area (Å²) in [5, 5.41) is 0. The van der Waals surface area contributed by atoms with Crippen molar-refractivity contribution in [1.82, 2.24) is 0 Å². The van der Waals surface area contributed by atoms with Crippen LogP contribution in [0.5, 0.6) is 0 Å². The van der Waals surface area contributed by atoms with Crippen LogP contribution in [0.2, 0.25) is 0 Å². The molecule has 35 heavy (non-hydrogen) atoms. The lowest BCUT2D eigenvalue weighted by atomic mass is 9.63. The van der Waals surface area contributed by atoms with Gasteiger partial charge in [-0.3, -0.25) is 0 Å². The van der Waals surface area contributed by atoms with E-state index in [1.54, 1.807) is 12.1 Å². The topological polar surface area (TPSA) is 0 Å². The maximum absolute atomic E-state index is 15.1. The molecule has 0 aromatic heterocycles. The van der Waals surface area contributed by atoms with Gasteiger partial charge < -0.3 is 0 Å². The first-order valence-electron chi connectivity index (χ1n) is 13.4. The Balaban J connectivity index is 1.37. The van der Waals surface area contributed by atoms with Crippen LogP contribution in [0.3, 0.4) is 0 Å². The van der Waals surface area contributed by atoms with Gasteiger partial charge >= 0.3 is 0 Å². The summed E-state index contributed by atoms with van der Waals surface area (Å²) in [5.41, 5.74) is 2.80. The van der Waals surface area contributed by atoms with Gasteiger partial charge in [0.25, 0.3) is 0 Å². The Labute approximate surface area is 210 Å². The fraction of sp³-hybridized carbons (Fsp3) is 0.455. The lowest BCUT2D eigenvalue weighted by Gasteiger charge is -2.42. The second-order valence-corrected chi connectivity index (χ2v) is 10.5. The normalized spacial score (nSPS) is 24.0. The minimum absolute atomic E-state index is 0.148. The van der Waals surface area contributed by atoms with Crippen LogP contribution < -0.4 is 0 Å². The van der Waals surface area contributed by atoms with Crippen molar-refractivity contribution in [3.8, 4) is 11.8 Å². The Morgan fingerprint density at radius 3 is 2.31 bits per heavy atom. The van der Waals surface area contributed by atoms with Gasteiger partial charge in [0.05, 0.1) is 0 Å². The van der Waals surface area contributed by atoms with Crippen molar-refractivity contribution in [2.45, 2.75) is 77.0 Å². The predicted molar refractivity (Wildman–Crippen MR) is 142 cm³/mol. The lowest BCUT2D eigenvalue weighted by Crippen LogP contribution is -2.30. The van der Waals surface area contributed by atoms with Gasteiger partial charge in [-0.25, -0.2) is 8.78 Å². The lowest BCUT2D eigenvalue weighted by molar-refractivity contribution is 0.114. The molecule has 2 heteroatoms. The molecule has 2 aromatic rings. The quantitative estimate of drug-likeness (QED) is 0.278. The molecule has 2 aromatic carbocycles. The highest BCUT2D eigenvalue weighted by Crippen LogP contribution is 2.48. The number of allylic oxidation sites excluding steroid dienone is 3. The molecule has 0 saturated heterocycles. The van der Waals surface area contributed by atoms with E-state index in [4.69, 9.17) is 0 Å². The number of aryl methyl sites for hydroxylation is 1. The average Bonchev–Trinajstić information content (AvgIpc) is 2.87. The second kappa shape index (κ2) is 12.3. The standard InChI is InChI=1S/C33H38F2/c1-3-5-7-9-27-15-12-25(21-32(27)34)10-11-26-14-19-31(33(35)22-26)30-18-17-28-20-24(8-6-4-2)13-16-29(28)23-30/h3-5,12,14-15,19,21-22,24,28-30H,2,6-9,13,16-18,20,23H2,1H3/b5-3+. The van der Waals surface area contributed by atoms with Crippen molar-refractivity contribution in [3.63, 3.8) is 0 Å². The van der Waals surface area contributed by atoms with Crippen LogP contribution in [0.25, 0.3) is 0 Å². The molecule has 0 N–H and O–H groups in total. The highest BCUT2D eigenvalue weighted by atomic mass is 19.1. The Morgan fingerprint density at radius 2 is 1.60 bits per heavy atom. The summed E-state index contributed by atoms with van der Waals surface area (Å²) in [6, 6.07) is 10.5. The first kappa shape index (κ1) is 25.4. The highest BCUT2D eigenvalue weighted by Gasteiger charge is 2.36. The Hall–Kier alpha value is -2.66. The van der Waals surface area contributed by atoms with E-state index >= 15 is 4.39 Å². The Kier molecular flexibility index (Phi) is 8.97. The summed E-state index contributed by atoms with van der Waals surface area (Å²) in [5.74, 6) is 8.37. The molecule has 4 atom stereocenters. The van der Waals surface area contributed by atoms with Gasteiger partial charge in [-0.05, 0) is 124 Å². The summed E-state index contributed by atoms with van der Waals surface area (Å²) in [7, 11) is 0. The maximum atomic E-state index is 15.1. The van der Waals surface area contributed by atoms with Gasteiger partial charge in [-0.1, -0.05) is 48.6 Å². The van der Waals surface area contributed by atoms with Crippen molar-refractivity contribution < 1.29 is 8.78 Å². The third-order valence-corrected chi connectivity index (χ3v) is 8.16. The van der Waals surface area contributed by atoms with Gasteiger partial charge in [0.15, 0.2) is 0 Å². The van der Waals surface area contributed by atoms with Crippen molar-refractivity contribution in [3.05, 3.63) is 95.1 Å². The van der Waals surface area contributed by atoms with E-state index in [1.165, 1.54) is 38.2 Å². The van der Waals surface area contributed by atoms with Gasteiger partial charge in [-0.15, -0.1) is 6.58 Å². The highest BCUT2D eigenvalue weighted by molar-refractivity contribution is 5.45. The minimum atomic E-state index is -0.229. The number of fused-ring (bicyclic) bond motifs is 1. The molecule has 0 aliphatic heterocycles. The molecule has 0 amide bonds. The van der Waals surface area contributed by atoms with E-state index in [1.807, 2.05) is 43.4 Å². The average molecular weight is 473 g/mol. The van der Waals surface area contributed by atoms with E-state index < -0.39 is 0 Å². The summed E-state index contributed by atoms with van der Waals surface area (Å²) in [4.78, 5) is 0. The van der Waals surface area contributed by atoms with Crippen LogP contribution in [0, 0.1) is 41.2 Å². The molecule has 0 bridgehead atoms. The van der Waals surface area contributed by atoms with Gasteiger partial charge in [-0.2, -0.15) is 0 Å². The third kappa shape index (κ3) is 6.72. The Morgan fingerprint density at radius 1 is 0.886 bits per heavy atom. The van der Waals surface area contributed by atoms with E-state index in [0.717, 1.165) is 49.0 Å². The van der Waals surface area contributed by atoms with E-state index in [9.17, 15) is 4.39 Å². The van der Waals surface area contributed by atoms with Crippen LogP contribution >= 0.6 is 0 Å². The predicted octanol–water partition coefficient (Wildman–Crippen LogP) is 9.14. The summed E-state index contributed by atoms with van der Waals surface area (Å²) in [6.07, 6.45) is 17.3. The number of halogens is 2. The summed E-state index contributed by atoms with van der Waals surface area (Å²) >= 11 is 0. The molecule has 2 aliphatic carbocycles. The van der Waals surface area contributed by atoms with Gasteiger partial charge in [0.2, 0.25) is 0 Å². The third-order valence-electron chi connectivity index (χ3n) is 8.16. The van der Waals surface area contributed by atoms with Crippen molar-refractivity contribution in [2.24, 2.45) is 17.8 Å². The fourth-order valence-electron chi connectivity index (χ4n) is 6.20. The largest absolute Gasteiger partial charge is 0.207 e. The SMILES string of the molecule is C=CCCC1CCC2CC(c3ccc(C#Cc4ccc(CC/C=C/C)c(F)c4)cc3F)CCC2C1. The number of hydrogen-bond acceptors (Lipinski definition) is 0. The van der Waals surface area contributed by atoms with Crippen LogP contribution in [-0.4, -0.2) is 0 Å². The zero-order valence-corrected chi connectivity index (χ0v) is 21.0. The van der Waals surface area contributed by atoms with Crippen LogP contribution in [0.1, 0.15) is 92.9 Å². The molecule has 0 radical (unpaired) electrons.